The molecule has 0 saturated carbocycles. The van der Waals surface area contributed by atoms with Crippen molar-refractivity contribution < 1.29 is 13.9 Å². The van der Waals surface area contributed by atoms with Gasteiger partial charge in [0.2, 0.25) is 0 Å². The Hall–Kier alpha value is -2.27. The molecule has 4 rings (SSSR count). The summed E-state index contributed by atoms with van der Waals surface area (Å²) in [7, 11) is 0. The van der Waals surface area contributed by atoms with Crippen LogP contribution in [0.3, 0.4) is 0 Å². The van der Waals surface area contributed by atoms with Crippen molar-refractivity contribution in [2.24, 2.45) is 0 Å². The van der Waals surface area contributed by atoms with Crippen LogP contribution in [-0.2, 0) is 6.54 Å². The fourth-order valence-electron chi connectivity index (χ4n) is 3.32. The van der Waals surface area contributed by atoms with E-state index in [9.17, 15) is 4.39 Å². The summed E-state index contributed by atoms with van der Waals surface area (Å²) in [6.45, 7) is 5.46. The lowest BCUT2D eigenvalue weighted by Gasteiger charge is -2.37. The number of nitrogens with zero attached hydrogens (tertiary/aromatic N) is 2. The molecular formula is C19H21FN2O2. The number of halogens is 1. The van der Waals surface area contributed by atoms with Gasteiger partial charge in [-0.25, -0.2) is 4.39 Å². The number of fused-ring (bicyclic) bond motifs is 1. The van der Waals surface area contributed by atoms with Crippen molar-refractivity contribution in [3.05, 3.63) is 53.8 Å². The van der Waals surface area contributed by atoms with E-state index in [0.29, 0.717) is 19.8 Å². The number of ether oxygens (including phenoxy) is 2. The summed E-state index contributed by atoms with van der Waals surface area (Å²) in [4.78, 5) is 4.62. The van der Waals surface area contributed by atoms with Crippen LogP contribution in [0.5, 0.6) is 11.5 Å². The van der Waals surface area contributed by atoms with Crippen molar-refractivity contribution in [3.63, 3.8) is 0 Å². The van der Waals surface area contributed by atoms with E-state index in [1.54, 1.807) is 6.07 Å². The van der Waals surface area contributed by atoms with E-state index in [2.05, 4.69) is 15.9 Å². The average molecular weight is 328 g/mol. The van der Waals surface area contributed by atoms with Crippen molar-refractivity contribution >= 4 is 5.69 Å². The van der Waals surface area contributed by atoms with Gasteiger partial charge in [0.15, 0.2) is 11.5 Å². The summed E-state index contributed by atoms with van der Waals surface area (Å²) in [5, 5.41) is 0. The summed E-state index contributed by atoms with van der Waals surface area (Å²) in [6.07, 6.45) is 0. The highest BCUT2D eigenvalue weighted by Crippen LogP contribution is 2.39. The van der Waals surface area contributed by atoms with Crippen LogP contribution < -0.4 is 14.4 Å². The van der Waals surface area contributed by atoms with Crippen LogP contribution in [0.2, 0.25) is 0 Å². The highest BCUT2D eigenvalue weighted by Gasteiger charge is 2.23. The highest BCUT2D eigenvalue weighted by atomic mass is 19.1. The fraction of sp³-hybridized carbons (Fsp3) is 0.368. The normalized spacial score (nSPS) is 17.8. The predicted octanol–water partition coefficient (Wildman–Crippen LogP) is 2.92. The van der Waals surface area contributed by atoms with Gasteiger partial charge in [0.1, 0.15) is 19.0 Å². The van der Waals surface area contributed by atoms with Crippen LogP contribution in [0.1, 0.15) is 5.56 Å². The number of hydrogen-bond donors (Lipinski definition) is 0. The third kappa shape index (κ3) is 3.04. The van der Waals surface area contributed by atoms with Gasteiger partial charge in [0.05, 0.1) is 5.69 Å². The molecule has 1 saturated heterocycles. The van der Waals surface area contributed by atoms with Gasteiger partial charge in [-0.3, -0.25) is 4.90 Å². The number of para-hydroxylation sites is 1. The lowest BCUT2D eigenvalue weighted by Crippen LogP contribution is -2.46. The van der Waals surface area contributed by atoms with Gasteiger partial charge < -0.3 is 14.4 Å². The quantitative estimate of drug-likeness (QED) is 0.865. The van der Waals surface area contributed by atoms with Gasteiger partial charge >= 0.3 is 0 Å². The molecule has 2 aromatic carbocycles. The first kappa shape index (κ1) is 15.3. The minimum atomic E-state index is -0.123. The maximum Gasteiger partial charge on any atom is 0.184 e. The number of rotatable bonds is 3. The van der Waals surface area contributed by atoms with Gasteiger partial charge in [-0.05, 0) is 18.2 Å². The topological polar surface area (TPSA) is 24.9 Å². The fourth-order valence-corrected chi connectivity index (χ4v) is 3.32. The summed E-state index contributed by atoms with van der Waals surface area (Å²) >= 11 is 0. The first-order chi connectivity index (χ1) is 11.8. The van der Waals surface area contributed by atoms with E-state index in [-0.39, 0.29) is 5.82 Å². The van der Waals surface area contributed by atoms with Crippen LogP contribution in [-0.4, -0.2) is 44.3 Å². The summed E-state index contributed by atoms with van der Waals surface area (Å²) in [5.74, 6) is 1.56. The molecule has 0 atom stereocenters. The molecule has 5 heteroatoms. The minimum absolute atomic E-state index is 0.123. The van der Waals surface area contributed by atoms with Crippen molar-refractivity contribution in [1.29, 1.82) is 0 Å². The van der Waals surface area contributed by atoms with Crippen LogP contribution in [0.4, 0.5) is 10.1 Å². The second-order valence-corrected chi connectivity index (χ2v) is 6.16. The zero-order valence-corrected chi connectivity index (χ0v) is 13.6. The first-order valence-corrected chi connectivity index (χ1v) is 8.40. The van der Waals surface area contributed by atoms with E-state index in [1.165, 1.54) is 6.07 Å². The van der Waals surface area contributed by atoms with Gasteiger partial charge in [-0.15, -0.1) is 0 Å². The van der Waals surface area contributed by atoms with Crippen molar-refractivity contribution in [2.75, 3.05) is 44.3 Å². The summed E-state index contributed by atoms with van der Waals surface area (Å²) in [5.41, 5.74) is 1.86. The Bertz CT molecular complexity index is 714. The maximum atomic E-state index is 13.8. The summed E-state index contributed by atoms with van der Waals surface area (Å²) in [6, 6.07) is 13.1. The molecule has 4 nitrogen and oxygen atoms in total. The van der Waals surface area contributed by atoms with Crippen molar-refractivity contribution in [1.82, 2.24) is 4.90 Å². The van der Waals surface area contributed by atoms with E-state index < -0.39 is 0 Å². The zero-order valence-electron chi connectivity index (χ0n) is 13.6. The molecule has 126 valence electrons. The molecule has 0 amide bonds. The van der Waals surface area contributed by atoms with Crippen molar-refractivity contribution in [3.8, 4) is 11.5 Å². The van der Waals surface area contributed by atoms with E-state index in [1.807, 2.05) is 24.3 Å². The molecule has 0 radical (unpaired) electrons. The van der Waals surface area contributed by atoms with Gasteiger partial charge in [-0.1, -0.05) is 24.3 Å². The molecule has 0 aliphatic carbocycles. The van der Waals surface area contributed by atoms with Crippen LogP contribution >= 0.6 is 0 Å². The maximum absolute atomic E-state index is 13.8. The number of piperazine rings is 1. The molecule has 2 aromatic rings. The van der Waals surface area contributed by atoms with E-state index >= 15 is 0 Å². The second kappa shape index (κ2) is 6.69. The van der Waals surface area contributed by atoms with Gasteiger partial charge in [0, 0.05) is 38.3 Å². The second-order valence-electron chi connectivity index (χ2n) is 6.16. The monoisotopic (exact) mass is 328 g/mol. The Labute approximate surface area is 141 Å². The van der Waals surface area contributed by atoms with Crippen LogP contribution in [0.15, 0.2) is 42.5 Å². The Morgan fingerprint density at radius 2 is 1.67 bits per heavy atom. The molecule has 0 spiro atoms. The van der Waals surface area contributed by atoms with E-state index in [4.69, 9.17) is 9.47 Å². The SMILES string of the molecule is Fc1ccccc1CN1CCN(c2cccc3c2OCCO3)CC1. The molecule has 2 aliphatic heterocycles. The Balaban J connectivity index is 1.43. The zero-order chi connectivity index (χ0) is 16.4. The predicted molar refractivity (Wildman–Crippen MR) is 91.3 cm³/mol. The largest absolute Gasteiger partial charge is 0.486 e. The summed E-state index contributed by atoms with van der Waals surface area (Å²) < 4.78 is 25.3. The third-order valence-electron chi connectivity index (χ3n) is 4.61. The molecule has 0 bridgehead atoms. The first-order valence-electron chi connectivity index (χ1n) is 8.40. The molecule has 0 unspecified atom stereocenters. The average Bonchev–Trinajstić information content (AvgIpc) is 2.64. The molecule has 24 heavy (non-hydrogen) atoms. The lowest BCUT2D eigenvalue weighted by molar-refractivity contribution is 0.171. The Morgan fingerprint density at radius 3 is 2.50 bits per heavy atom. The molecule has 0 N–H and O–H groups in total. The Morgan fingerprint density at radius 1 is 0.875 bits per heavy atom. The number of hydrogen-bond acceptors (Lipinski definition) is 4. The number of benzene rings is 2. The van der Waals surface area contributed by atoms with Crippen LogP contribution in [0, 0.1) is 5.82 Å². The minimum Gasteiger partial charge on any atom is -0.486 e. The molecule has 2 aliphatic rings. The van der Waals surface area contributed by atoms with Crippen LogP contribution in [0.25, 0.3) is 0 Å². The van der Waals surface area contributed by atoms with Crippen molar-refractivity contribution in [2.45, 2.75) is 6.54 Å². The molecule has 1 fully saturated rings. The molecule has 0 aromatic heterocycles. The van der Waals surface area contributed by atoms with Gasteiger partial charge in [0.25, 0.3) is 0 Å². The van der Waals surface area contributed by atoms with E-state index in [0.717, 1.165) is 48.9 Å². The van der Waals surface area contributed by atoms with Gasteiger partial charge in [-0.2, -0.15) is 0 Å². The lowest BCUT2D eigenvalue weighted by atomic mass is 10.1. The standard InChI is InChI=1S/C19H21FN2O2/c20-16-5-2-1-4-15(16)14-21-8-10-22(11-9-21)17-6-3-7-18-19(17)24-13-12-23-18/h1-7H,8-14H2. The third-order valence-corrected chi connectivity index (χ3v) is 4.61. The number of anilines is 1. The highest BCUT2D eigenvalue weighted by molar-refractivity contribution is 5.65. The Kier molecular flexibility index (Phi) is 4.26. The molecular weight excluding hydrogens is 307 g/mol. The smallest absolute Gasteiger partial charge is 0.184 e. The molecule has 2 heterocycles.